The molecule has 0 saturated heterocycles. The first-order valence-corrected chi connectivity index (χ1v) is 7.59. The number of benzene rings is 1. The predicted octanol–water partition coefficient (Wildman–Crippen LogP) is 4.57. The summed E-state index contributed by atoms with van der Waals surface area (Å²) in [6.07, 6.45) is 0. The molecule has 0 saturated carbocycles. The minimum atomic E-state index is 0.741. The SMILES string of the molecule is Cc1cccc(CN(C)c2c(Cl)cccc2CBr)n1. The van der Waals surface area contributed by atoms with Crippen molar-refractivity contribution in [2.45, 2.75) is 18.8 Å². The van der Waals surface area contributed by atoms with E-state index in [1.54, 1.807) is 0 Å². The largest absolute Gasteiger partial charge is 0.367 e. The number of pyridine rings is 1. The molecule has 0 amide bonds. The van der Waals surface area contributed by atoms with E-state index in [-0.39, 0.29) is 0 Å². The first-order valence-electron chi connectivity index (χ1n) is 6.09. The van der Waals surface area contributed by atoms with Crippen LogP contribution in [0.4, 0.5) is 5.69 Å². The smallest absolute Gasteiger partial charge is 0.0642 e. The van der Waals surface area contributed by atoms with Gasteiger partial charge in [0.2, 0.25) is 0 Å². The molecule has 0 unspecified atom stereocenters. The highest BCUT2D eigenvalue weighted by atomic mass is 79.9. The van der Waals surface area contributed by atoms with Crippen LogP contribution in [0.5, 0.6) is 0 Å². The standard InChI is InChI=1S/C15H16BrClN2/c1-11-5-3-7-13(18-11)10-19(2)15-12(9-16)6-4-8-14(15)17/h3-8H,9-10H2,1-2H3. The molecule has 0 spiro atoms. The maximum Gasteiger partial charge on any atom is 0.0642 e. The van der Waals surface area contributed by atoms with Gasteiger partial charge in [0.05, 0.1) is 22.9 Å². The van der Waals surface area contributed by atoms with Gasteiger partial charge in [0.1, 0.15) is 0 Å². The second-order valence-electron chi connectivity index (χ2n) is 4.51. The summed E-state index contributed by atoms with van der Waals surface area (Å²) in [5, 5.41) is 1.56. The van der Waals surface area contributed by atoms with Crippen LogP contribution in [0.1, 0.15) is 17.0 Å². The molecule has 0 fully saturated rings. The lowest BCUT2D eigenvalue weighted by molar-refractivity contribution is 0.873. The summed E-state index contributed by atoms with van der Waals surface area (Å²) in [6.45, 7) is 2.74. The Kier molecular flexibility index (Phi) is 4.83. The van der Waals surface area contributed by atoms with Crippen molar-refractivity contribution in [2.75, 3.05) is 11.9 Å². The molecular weight excluding hydrogens is 324 g/mol. The number of anilines is 1. The van der Waals surface area contributed by atoms with E-state index in [0.717, 1.165) is 34.0 Å². The third-order valence-corrected chi connectivity index (χ3v) is 3.85. The molecule has 1 aromatic heterocycles. The van der Waals surface area contributed by atoms with Gasteiger partial charge in [0.25, 0.3) is 0 Å². The van der Waals surface area contributed by atoms with Gasteiger partial charge in [-0.05, 0) is 30.7 Å². The zero-order valence-corrected chi connectivity index (χ0v) is 13.4. The Bertz CT molecular complexity index is 572. The van der Waals surface area contributed by atoms with E-state index in [4.69, 9.17) is 11.6 Å². The van der Waals surface area contributed by atoms with E-state index in [2.05, 4.69) is 31.9 Å². The number of hydrogen-bond donors (Lipinski definition) is 0. The van der Waals surface area contributed by atoms with Crippen LogP contribution in [0.2, 0.25) is 5.02 Å². The molecule has 2 nitrogen and oxygen atoms in total. The third-order valence-electron chi connectivity index (χ3n) is 2.94. The summed E-state index contributed by atoms with van der Waals surface area (Å²) in [4.78, 5) is 6.67. The van der Waals surface area contributed by atoms with Crippen LogP contribution < -0.4 is 4.90 Å². The highest BCUT2D eigenvalue weighted by molar-refractivity contribution is 9.08. The van der Waals surface area contributed by atoms with Crippen molar-refractivity contribution >= 4 is 33.2 Å². The number of halogens is 2. The molecule has 2 rings (SSSR count). The normalized spacial score (nSPS) is 10.5. The second kappa shape index (κ2) is 6.40. The highest BCUT2D eigenvalue weighted by Gasteiger charge is 2.11. The summed E-state index contributed by atoms with van der Waals surface area (Å²) in [5.41, 5.74) is 4.32. The fourth-order valence-corrected chi connectivity index (χ4v) is 2.90. The number of rotatable bonds is 4. The number of alkyl halides is 1. The first kappa shape index (κ1) is 14.4. The van der Waals surface area contributed by atoms with Crippen LogP contribution in [0, 0.1) is 6.92 Å². The van der Waals surface area contributed by atoms with Crippen LogP contribution in [0.3, 0.4) is 0 Å². The Balaban J connectivity index is 2.27. The Hall–Kier alpha value is -1.06. The van der Waals surface area contributed by atoms with E-state index in [1.807, 2.05) is 44.3 Å². The summed E-state index contributed by atoms with van der Waals surface area (Å²) in [6, 6.07) is 12.0. The molecule has 0 atom stereocenters. The van der Waals surface area contributed by atoms with Crippen LogP contribution in [-0.4, -0.2) is 12.0 Å². The fraction of sp³-hybridized carbons (Fsp3) is 0.267. The van der Waals surface area contributed by atoms with Crippen molar-refractivity contribution in [2.24, 2.45) is 0 Å². The lowest BCUT2D eigenvalue weighted by Gasteiger charge is -2.23. The van der Waals surface area contributed by atoms with Crippen molar-refractivity contribution in [1.29, 1.82) is 0 Å². The summed E-state index contributed by atoms with van der Waals surface area (Å²) < 4.78 is 0. The molecule has 0 N–H and O–H groups in total. The molecule has 19 heavy (non-hydrogen) atoms. The van der Waals surface area contributed by atoms with Crippen LogP contribution in [-0.2, 0) is 11.9 Å². The van der Waals surface area contributed by atoms with Gasteiger partial charge in [0, 0.05) is 18.1 Å². The van der Waals surface area contributed by atoms with Gasteiger partial charge in [-0.25, -0.2) is 0 Å². The number of para-hydroxylation sites is 1. The Morgan fingerprint density at radius 1 is 1.21 bits per heavy atom. The Labute approximate surface area is 127 Å². The van der Waals surface area contributed by atoms with Crippen molar-refractivity contribution in [1.82, 2.24) is 4.98 Å². The lowest BCUT2D eigenvalue weighted by Crippen LogP contribution is -2.19. The summed E-state index contributed by atoms with van der Waals surface area (Å²) in [5.74, 6) is 0. The van der Waals surface area contributed by atoms with E-state index < -0.39 is 0 Å². The number of aromatic nitrogens is 1. The van der Waals surface area contributed by atoms with Crippen molar-refractivity contribution in [3.05, 3.63) is 58.4 Å². The third kappa shape index (κ3) is 3.48. The molecule has 0 aliphatic rings. The average Bonchev–Trinajstić information content (AvgIpc) is 2.38. The second-order valence-corrected chi connectivity index (χ2v) is 5.48. The van der Waals surface area contributed by atoms with E-state index in [9.17, 15) is 0 Å². The predicted molar refractivity (Wildman–Crippen MR) is 85.2 cm³/mol. The molecule has 0 bridgehead atoms. The van der Waals surface area contributed by atoms with Crippen LogP contribution >= 0.6 is 27.5 Å². The summed E-state index contributed by atoms with van der Waals surface area (Å²) >= 11 is 9.82. The summed E-state index contributed by atoms with van der Waals surface area (Å²) in [7, 11) is 2.04. The van der Waals surface area contributed by atoms with Gasteiger partial charge in [-0.15, -0.1) is 0 Å². The fourth-order valence-electron chi connectivity index (χ4n) is 2.10. The topological polar surface area (TPSA) is 16.1 Å². The maximum absolute atomic E-state index is 6.32. The molecule has 0 radical (unpaired) electrons. The van der Waals surface area contributed by atoms with Crippen molar-refractivity contribution < 1.29 is 0 Å². The quantitative estimate of drug-likeness (QED) is 0.758. The highest BCUT2D eigenvalue weighted by Crippen LogP contribution is 2.31. The Morgan fingerprint density at radius 2 is 1.95 bits per heavy atom. The average molecular weight is 340 g/mol. The molecule has 1 aromatic carbocycles. The van der Waals surface area contributed by atoms with Crippen molar-refractivity contribution in [3.63, 3.8) is 0 Å². The molecule has 4 heteroatoms. The molecule has 0 aliphatic carbocycles. The van der Waals surface area contributed by atoms with Crippen LogP contribution in [0.25, 0.3) is 0 Å². The van der Waals surface area contributed by atoms with Gasteiger partial charge < -0.3 is 4.90 Å². The first-order chi connectivity index (χ1) is 9.11. The van der Waals surface area contributed by atoms with Gasteiger partial charge in [0.15, 0.2) is 0 Å². The van der Waals surface area contributed by atoms with E-state index in [0.29, 0.717) is 0 Å². The monoisotopic (exact) mass is 338 g/mol. The van der Waals surface area contributed by atoms with Gasteiger partial charge in [-0.1, -0.05) is 45.7 Å². The minimum Gasteiger partial charge on any atom is -0.367 e. The molecule has 0 aliphatic heterocycles. The van der Waals surface area contributed by atoms with E-state index in [1.165, 1.54) is 5.56 Å². The minimum absolute atomic E-state index is 0.741. The zero-order chi connectivity index (χ0) is 13.8. The number of nitrogens with zero attached hydrogens (tertiary/aromatic N) is 2. The van der Waals surface area contributed by atoms with Gasteiger partial charge in [-0.3, -0.25) is 4.98 Å². The van der Waals surface area contributed by atoms with Gasteiger partial charge in [-0.2, -0.15) is 0 Å². The maximum atomic E-state index is 6.32. The molecule has 2 aromatic rings. The van der Waals surface area contributed by atoms with Gasteiger partial charge >= 0.3 is 0 Å². The van der Waals surface area contributed by atoms with Crippen molar-refractivity contribution in [3.8, 4) is 0 Å². The van der Waals surface area contributed by atoms with Crippen LogP contribution in [0.15, 0.2) is 36.4 Å². The number of hydrogen-bond acceptors (Lipinski definition) is 2. The molecule has 1 heterocycles. The Morgan fingerprint density at radius 3 is 2.63 bits per heavy atom. The zero-order valence-electron chi connectivity index (χ0n) is 11.0. The lowest BCUT2D eigenvalue weighted by atomic mass is 10.2. The van der Waals surface area contributed by atoms with E-state index >= 15 is 0 Å². The molecular formula is C15H16BrClN2. The number of aryl methyl sites for hydroxylation is 1. The molecule has 100 valence electrons.